The molecule has 2 atom stereocenters. The summed E-state index contributed by atoms with van der Waals surface area (Å²) in [4.78, 5) is 0. The van der Waals surface area contributed by atoms with Crippen LogP contribution in [0.1, 0.15) is 12.8 Å². The van der Waals surface area contributed by atoms with E-state index in [1.165, 1.54) is 0 Å². The molecule has 2 saturated heterocycles. The van der Waals surface area contributed by atoms with Gasteiger partial charge in [0.05, 0.1) is 49.4 Å². The highest BCUT2D eigenvalue weighted by Crippen LogP contribution is 2.12. The third kappa shape index (κ3) is 10.5. The highest BCUT2D eigenvalue weighted by Gasteiger charge is 2.29. The highest BCUT2D eigenvalue weighted by molar-refractivity contribution is 7.92. The maximum absolute atomic E-state index is 11.4. The van der Waals surface area contributed by atoms with Crippen molar-refractivity contribution in [2.45, 2.75) is 24.9 Å². The standard InChI is InChI=1S/C16H28N2O8S4/c19-29(20)9-1-13(11-29)17-15(27)25-7-5-23-3-4-24-6-8-26-16(28)18-14-2-10-30(21,22)12-14/h13-14H,1-12H2,(H,17,27)(H,18,28). The van der Waals surface area contributed by atoms with Gasteiger partial charge in [-0.15, -0.1) is 0 Å². The van der Waals surface area contributed by atoms with Crippen molar-refractivity contribution in [2.75, 3.05) is 62.7 Å². The summed E-state index contributed by atoms with van der Waals surface area (Å²) >= 11 is 10.0. The van der Waals surface area contributed by atoms with Crippen LogP contribution in [0.15, 0.2) is 0 Å². The van der Waals surface area contributed by atoms with Crippen LogP contribution in [0.4, 0.5) is 0 Å². The summed E-state index contributed by atoms with van der Waals surface area (Å²) in [5.74, 6) is 0.512. The van der Waals surface area contributed by atoms with E-state index in [1.807, 2.05) is 0 Å². The van der Waals surface area contributed by atoms with Crippen LogP contribution in [0.2, 0.25) is 0 Å². The number of thiocarbonyl (C=S) groups is 2. The Balaban J connectivity index is 1.36. The van der Waals surface area contributed by atoms with Crippen molar-refractivity contribution < 1.29 is 35.8 Å². The van der Waals surface area contributed by atoms with Crippen molar-refractivity contribution >= 4 is 54.5 Å². The second kappa shape index (κ2) is 12.3. The minimum Gasteiger partial charge on any atom is -0.469 e. The number of nitrogens with one attached hydrogen (secondary N) is 2. The van der Waals surface area contributed by atoms with E-state index in [4.69, 9.17) is 43.4 Å². The Hall–Kier alpha value is -0.800. The minimum absolute atomic E-state index is 0.0807. The molecule has 2 aliphatic rings. The lowest BCUT2D eigenvalue weighted by atomic mass is 10.3. The summed E-state index contributed by atoms with van der Waals surface area (Å²) in [6.07, 6.45) is 1.07. The van der Waals surface area contributed by atoms with Crippen molar-refractivity contribution in [3.8, 4) is 0 Å². The van der Waals surface area contributed by atoms with Crippen LogP contribution < -0.4 is 10.6 Å². The number of ether oxygens (including phenoxy) is 4. The van der Waals surface area contributed by atoms with Crippen molar-refractivity contribution in [2.24, 2.45) is 0 Å². The molecule has 174 valence electrons. The van der Waals surface area contributed by atoms with Gasteiger partial charge in [0.15, 0.2) is 19.7 Å². The van der Waals surface area contributed by atoms with E-state index in [0.29, 0.717) is 39.3 Å². The van der Waals surface area contributed by atoms with E-state index >= 15 is 0 Å². The lowest BCUT2D eigenvalue weighted by Crippen LogP contribution is -2.36. The smallest absolute Gasteiger partial charge is 0.256 e. The molecule has 0 aromatic rings. The summed E-state index contributed by atoms with van der Waals surface area (Å²) in [5, 5.41) is 6.12. The molecule has 0 radical (unpaired) electrons. The van der Waals surface area contributed by atoms with Gasteiger partial charge in [0.1, 0.15) is 13.2 Å². The molecule has 2 fully saturated rings. The Labute approximate surface area is 188 Å². The zero-order valence-corrected chi connectivity index (χ0v) is 19.8. The molecule has 2 aliphatic heterocycles. The summed E-state index contributed by atoms with van der Waals surface area (Å²) in [5.41, 5.74) is 0. The zero-order chi connectivity index (χ0) is 22.0. The van der Waals surface area contributed by atoms with Crippen LogP contribution in [0.3, 0.4) is 0 Å². The number of hydrogen-bond acceptors (Lipinski definition) is 10. The van der Waals surface area contributed by atoms with Gasteiger partial charge in [0.25, 0.3) is 10.3 Å². The van der Waals surface area contributed by atoms with E-state index in [-0.39, 0.29) is 58.7 Å². The fourth-order valence-electron chi connectivity index (χ4n) is 2.94. The van der Waals surface area contributed by atoms with Crippen molar-refractivity contribution in [1.82, 2.24) is 10.6 Å². The normalized spacial score (nSPS) is 24.3. The highest BCUT2D eigenvalue weighted by atomic mass is 32.2. The monoisotopic (exact) mass is 504 g/mol. The average molecular weight is 505 g/mol. The zero-order valence-electron chi connectivity index (χ0n) is 16.5. The Kier molecular flexibility index (Phi) is 10.4. The lowest BCUT2D eigenvalue weighted by molar-refractivity contribution is 0.0247. The molecule has 0 aromatic heterocycles. The molecule has 2 unspecified atom stereocenters. The summed E-state index contributed by atoms with van der Waals surface area (Å²) in [6, 6.07) is -0.373. The molecule has 30 heavy (non-hydrogen) atoms. The van der Waals surface area contributed by atoms with E-state index in [0.717, 1.165) is 0 Å². The van der Waals surface area contributed by atoms with Gasteiger partial charge >= 0.3 is 0 Å². The summed E-state index contributed by atoms with van der Waals surface area (Å²) in [6.45, 7) is 1.89. The first-order valence-corrected chi connectivity index (χ1v) is 14.0. The fraction of sp³-hybridized carbons (Fsp3) is 0.875. The van der Waals surface area contributed by atoms with E-state index < -0.39 is 19.7 Å². The summed E-state index contributed by atoms with van der Waals surface area (Å²) < 4.78 is 66.8. The van der Waals surface area contributed by atoms with Gasteiger partial charge in [-0.2, -0.15) is 0 Å². The first-order valence-electron chi connectivity index (χ1n) is 9.58. The van der Waals surface area contributed by atoms with Gasteiger partial charge in [0.2, 0.25) is 0 Å². The third-order valence-electron chi connectivity index (χ3n) is 4.40. The van der Waals surface area contributed by atoms with Gasteiger partial charge in [-0.05, 0) is 37.3 Å². The van der Waals surface area contributed by atoms with Crippen molar-refractivity contribution in [3.63, 3.8) is 0 Å². The Bertz CT molecular complexity index is 721. The lowest BCUT2D eigenvalue weighted by Gasteiger charge is -2.14. The van der Waals surface area contributed by atoms with Crippen LogP contribution in [-0.4, -0.2) is 102 Å². The molecule has 14 heteroatoms. The molecular weight excluding hydrogens is 476 g/mol. The number of rotatable bonds is 11. The van der Waals surface area contributed by atoms with E-state index in [2.05, 4.69) is 10.6 Å². The predicted molar refractivity (Wildman–Crippen MR) is 119 cm³/mol. The van der Waals surface area contributed by atoms with E-state index in [1.54, 1.807) is 0 Å². The molecule has 10 nitrogen and oxygen atoms in total. The quantitative estimate of drug-likeness (QED) is 0.269. The molecule has 2 N–H and O–H groups in total. The van der Waals surface area contributed by atoms with Gasteiger partial charge in [-0.25, -0.2) is 16.8 Å². The van der Waals surface area contributed by atoms with Crippen LogP contribution in [0.25, 0.3) is 0 Å². The van der Waals surface area contributed by atoms with Gasteiger partial charge < -0.3 is 29.6 Å². The van der Waals surface area contributed by atoms with Crippen LogP contribution >= 0.6 is 24.4 Å². The Morgan fingerprint density at radius 3 is 1.40 bits per heavy atom. The first kappa shape index (κ1) is 25.5. The topological polar surface area (TPSA) is 129 Å². The second-order valence-corrected chi connectivity index (χ2v) is 12.2. The van der Waals surface area contributed by atoms with Gasteiger partial charge in [0, 0.05) is 12.1 Å². The molecule has 0 bridgehead atoms. The summed E-state index contributed by atoms with van der Waals surface area (Å²) in [7, 11) is -5.91. The molecule has 0 aliphatic carbocycles. The van der Waals surface area contributed by atoms with Gasteiger partial charge in [-0.3, -0.25) is 0 Å². The first-order chi connectivity index (χ1) is 14.2. The second-order valence-electron chi connectivity index (χ2n) is 6.99. The largest absolute Gasteiger partial charge is 0.469 e. The molecule has 0 saturated carbocycles. The Morgan fingerprint density at radius 2 is 1.07 bits per heavy atom. The molecule has 0 aromatic carbocycles. The number of sulfone groups is 2. The predicted octanol–water partition coefficient (Wildman–Crippen LogP) is -0.824. The van der Waals surface area contributed by atoms with Crippen LogP contribution in [0, 0.1) is 0 Å². The average Bonchev–Trinajstić information content (AvgIpc) is 3.16. The van der Waals surface area contributed by atoms with Crippen molar-refractivity contribution in [1.29, 1.82) is 0 Å². The molecular formula is C16H28N2O8S4. The molecule has 2 heterocycles. The van der Waals surface area contributed by atoms with Crippen LogP contribution in [0.5, 0.6) is 0 Å². The number of hydrogen-bond donors (Lipinski definition) is 2. The maximum Gasteiger partial charge on any atom is 0.256 e. The maximum atomic E-state index is 11.4. The SMILES string of the molecule is O=S1(=O)CCC(NC(=S)OCCOCCOCCOC(=S)NC2CCS(=O)(=O)C2)C1. The third-order valence-corrected chi connectivity index (χ3v) is 8.41. The van der Waals surface area contributed by atoms with Gasteiger partial charge in [-0.1, -0.05) is 0 Å². The van der Waals surface area contributed by atoms with E-state index in [9.17, 15) is 16.8 Å². The fourth-order valence-corrected chi connectivity index (χ4v) is 6.79. The molecule has 0 spiro atoms. The van der Waals surface area contributed by atoms with Crippen LogP contribution in [-0.2, 0) is 38.6 Å². The van der Waals surface area contributed by atoms with Crippen molar-refractivity contribution in [3.05, 3.63) is 0 Å². The minimum atomic E-state index is -2.96. The Morgan fingerprint density at radius 1 is 0.700 bits per heavy atom. The molecule has 2 rings (SSSR count). The molecule has 0 amide bonds.